The summed E-state index contributed by atoms with van der Waals surface area (Å²) in [5.74, 6) is -3.55. The first-order valence-electron chi connectivity index (χ1n) is 6.54. The number of hydrogen-bond acceptors (Lipinski definition) is 4. The molecule has 3 N–H and O–H groups in total. The maximum atomic E-state index is 11.8. The van der Waals surface area contributed by atoms with E-state index in [0.29, 0.717) is 18.7 Å². The smallest absolute Gasteiger partial charge is 0.313 e. The van der Waals surface area contributed by atoms with Crippen LogP contribution in [0, 0.1) is 5.92 Å². The normalized spacial score (nSPS) is 20.0. The lowest BCUT2D eigenvalue weighted by molar-refractivity contribution is -0.139. The molecule has 7 heteroatoms. The van der Waals surface area contributed by atoms with Gasteiger partial charge in [0, 0.05) is 6.54 Å². The van der Waals surface area contributed by atoms with Crippen LogP contribution in [0.25, 0.3) is 0 Å². The lowest BCUT2D eigenvalue weighted by atomic mass is 9.93. The van der Waals surface area contributed by atoms with E-state index in [1.54, 1.807) is 24.3 Å². The first-order valence-corrected chi connectivity index (χ1v) is 6.54. The predicted molar refractivity (Wildman–Crippen MR) is 75.3 cm³/mol. The Balaban J connectivity index is 2.14. The van der Waals surface area contributed by atoms with Crippen LogP contribution in [0.2, 0.25) is 0 Å². The molecule has 7 nitrogen and oxygen atoms in total. The fourth-order valence-electron chi connectivity index (χ4n) is 1.91. The summed E-state index contributed by atoms with van der Waals surface area (Å²) < 4.78 is 0. The fourth-order valence-corrected chi connectivity index (χ4v) is 1.91. The second kappa shape index (κ2) is 6.17. The molecule has 1 aliphatic carbocycles. The molecule has 0 radical (unpaired) electrons. The number of amides is 3. The van der Waals surface area contributed by atoms with Gasteiger partial charge < -0.3 is 15.7 Å². The molecule has 0 aromatic rings. The molecule has 0 aromatic heterocycles. The molecule has 110 valence electrons. The van der Waals surface area contributed by atoms with Crippen molar-refractivity contribution in [3.63, 3.8) is 0 Å². The number of hydrogen-bond donors (Lipinski definition) is 3. The Bertz CT molecular complexity index is 614. The van der Waals surface area contributed by atoms with Crippen LogP contribution in [0.1, 0.15) is 13.3 Å². The van der Waals surface area contributed by atoms with Gasteiger partial charge in [0.1, 0.15) is 11.5 Å². The number of nitrogens with one attached hydrogen (secondary N) is 2. The minimum Gasteiger partial charge on any atom is -0.509 e. The molecule has 0 saturated heterocycles. The third-order valence-corrected chi connectivity index (χ3v) is 2.98. The van der Waals surface area contributed by atoms with Crippen molar-refractivity contribution >= 4 is 23.4 Å². The van der Waals surface area contributed by atoms with E-state index in [2.05, 4.69) is 15.6 Å². The van der Waals surface area contributed by atoms with Gasteiger partial charge >= 0.3 is 11.8 Å². The topological polar surface area (TPSA) is 108 Å². The molecule has 0 aromatic carbocycles. The van der Waals surface area contributed by atoms with Crippen LogP contribution in [0.3, 0.4) is 0 Å². The lowest BCUT2D eigenvalue weighted by Gasteiger charge is -2.22. The van der Waals surface area contributed by atoms with Gasteiger partial charge in [0.2, 0.25) is 0 Å². The minimum atomic E-state index is -1.01. The molecule has 3 amide bonds. The van der Waals surface area contributed by atoms with Crippen molar-refractivity contribution in [1.29, 1.82) is 0 Å². The molecule has 0 bridgehead atoms. The van der Waals surface area contributed by atoms with Gasteiger partial charge in [0.25, 0.3) is 5.91 Å². The van der Waals surface area contributed by atoms with Crippen molar-refractivity contribution in [2.45, 2.75) is 13.3 Å². The number of dihydropyridines is 1. The summed E-state index contributed by atoms with van der Waals surface area (Å²) in [6.07, 6.45) is 7.31. The predicted octanol–water partition coefficient (Wildman–Crippen LogP) is 0.122. The van der Waals surface area contributed by atoms with E-state index < -0.39 is 23.6 Å². The number of nitrogens with zero attached hydrogens (tertiary/aromatic N) is 1. The van der Waals surface area contributed by atoms with Crippen molar-refractivity contribution in [3.05, 3.63) is 35.8 Å². The standard InChI is InChI=1S/C14H15N3O4/c1-2-7-15-13(20)14(21)17-10-11(18)8-5-3-4-6-9(8)16-12(10)19/h3-6,8,18H,2,7H2,1H3,(H,15,20)(H,17,21). The van der Waals surface area contributed by atoms with Gasteiger partial charge in [-0.25, -0.2) is 4.99 Å². The first-order chi connectivity index (χ1) is 10.0. The number of aliphatic imine (C=N–C) groups is 1. The van der Waals surface area contributed by atoms with Gasteiger partial charge in [-0.1, -0.05) is 25.2 Å². The number of carbonyl (C=O) groups is 3. The van der Waals surface area contributed by atoms with Crippen LogP contribution in [-0.4, -0.2) is 35.1 Å². The van der Waals surface area contributed by atoms with Crippen molar-refractivity contribution in [2.75, 3.05) is 6.54 Å². The molecular weight excluding hydrogens is 274 g/mol. The third-order valence-electron chi connectivity index (χ3n) is 2.98. The van der Waals surface area contributed by atoms with Crippen LogP contribution < -0.4 is 10.6 Å². The highest BCUT2D eigenvalue weighted by atomic mass is 16.3. The first kappa shape index (κ1) is 14.7. The molecule has 1 atom stereocenters. The summed E-state index contributed by atoms with van der Waals surface area (Å²) in [4.78, 5) is 38.7. The second-order valence-corrected chi connectivity index (χ2v) is 4.53. The van der Waals surface area contributed by atoms with Gasteiger partial charge in [0.15, 0.2) is 0 Å². The minimum absolute atomic E-state index is 0.317. The maximum absolute atomic E-state index is 11.8. The number of allylic oxidation sites excluding steroid dienone is 4. The van der Waals surface area contributed by atoms with Gasteiger partial charge in [-0.05, 0) is 12.5 Å². The van der Waals surface area contributed by atoms with Crippen LogP contribution in [0.4, 0.5) is 0 Å². The summed E-state index contributed by atoms with van der Waals surface area (Å²) in [5.41, 5.74) is 0.0359. The van der Waals surface area contributed by atoms with Crippen molar-refractivity contribution in [2.24, 2.45) is 10.9 Å². The Kier molecular flexibility index (Phi) is 4.32. The molecule has 0 spiro atoms. The molecule has 1 unspecified atom stereocenters. The second-order valence-electron chi connectivity index (χ2n) is 4.53. The average molecular weight is 289 g/mol. The van der Waals surface area contributed by atoms with Gasteiger partial charge in [-0.2, -0.15) is 0 Å². The van der Waals surface area contributed by atoms with Crippen LogP contribution in [-0.2, 0) is 14.4 Å². The van der Waals surface area contributed by atoms with Crippen molar-refractivity contribution in [3.8, 4) is 0 Å². The summed E-state index contributed by atoms with van der Waals surface area (Å²) >= 11 is 0. The Morgan fingerprint density at radius 2 is 2.10 bits per heavy atom. The Labute approximate surface area is 121 Å². The molecule has 0 fully saturated rings. The number of aliphatic hydroxyl groups excluding tert-OH is 1. The van der Waals surface area contributed by atoms with E-state index >= 15 is 0 Å². The molecule has 1 heterocycles. The summed E-state index contributed by atoms with van der Waals surface area (Å²) in [7, 11) is 0. The third kappa shape index (κ3) is 3.07. The van der Waals surface area contributed by atoms with E-state index in [1.807, 2.05) is 6.92 Å². The Hall–Kier alpha value is -2.70. The van der Waals surface area contributed by atoms with Crippen LogP contribution in [0.15, 0.2) is 40.8 Å². The van der Waals surface area contributed by atoms with Crippen molar-refractivity contribution < 1.29 is 19.5 Å². The monoisotopic (exact) mass is 289 g/mol. The molecule has 1 aliphatic heterocycles. The fraction of sp³-hybridized carbons (Fsp3) is 0.286. The molecule has 2 rings (SSSR count). The lowest BCUT2D eigenvalue weighted by Crippen LogP contribution is -2.43. The SMILES string of the molecule is CCCNC(=O)C(=O)NC1=C(O)C2C=CC=CC2=NC1=O. The summed E-state index contributed by atoms with van der Waals surface area (Å²) in [6, 6.07) is 0. The average Bonchev–Trinajstić information content (AvgIpc) is 2.48. The number of rotatable bonds is 3. The molecule has 21 heavy (non-hydrogen) atoms. The Morgan fingerprint density at radius 1 is 1.33 bits per heavy atom. The molecule has 0 saturated carbocycles. The molecule has 2 aliphatic rings. The van der Waals surface area contributed by atoms with E-state index in [9.17, 15) is 19.5 Å². The Morgan fingerprint density at radius 3 is 2.81 bits per heavy atom. The number of fused-ring (bicyclic) bond motifs is 1. The summed E-state index contributed by atoms with van der Waals surface area (Å²) in [6.45, 7) is 2.19. The van der Waals surface area contributed by atoms with E-state index in [4.69, 9.17) is 0 Å². The highest BCUT2D eigenvalue weighted by Gasteiger charge is 2.32. The van der Waals surface area contributed by atoms with Gasteiger partial charge in [0.05, 0.1) is 11.6 Å². The number of carbonyl (C=O) groups excluding carboxylic acids is 3. The van der Waals surface area contributed by atoms with Gasteiger partial charge in [-0.3, -0.25) is 14.4 Å². The van der Waals surface area contributed by atoms with E-state index in [0.717, 1.165) is 0 Å². The zero-order chi connectivity index (χ0) is 15.4. The van der Waals surface area contributed by atoms with E-state index in [1.165, 1.54) is 0 Å². The zero-order valence-electron chi connectivity index (χ0n) is 11.4. The quantitative estimate of drug-likeness (QED) is 0.641. The molecular formula is C14H15N3O4. The largest absolute Gasteiger partial charge is 0.509 e. The van der Waals surface area contributed by atoms with Crippen molar-refractivity contribution in [1.82, 2.24) is 10.6 Å². The zero-order valence-corrected chi connectivity index (χ0v) is 11.4. The number of aliphatic hydroxyl groups is 1. The summed E-state index contributed by atoms with van der Waals surface area (Å²) in [5, 5.41) is 14.6. The van der Waals surface area contributed by atoms with Gasteiger partial charge in [-0.15, -0.1) is 0 Å². The van der Waals surface area contributed by atoms with Crippen LogP contribution >= 0.6 is 0 Å². The highest BCUT2D eigenvalue weighted by molar-refractivity contribution is 6.36. The van der Waals surface area contributed by atoms with E-state index in [-0.39, 0.29) is 11.5 Å². The van der Waals surface area contributed by atoms with Crippen LogP contribution in [0.5, 0.6) is 0 Å². The maximum Gasteiger partial charge on any atom is 0.313 e. The highest BCUT2D eigenvalue weighted by Crippen LogP contribution is 2.24.